The van der Waals surface area contributed by atoms with Gasteiger partial charge in [-0.15, -0.1) is 0 Å². The first kappa shape index (κ1) is 15.5. The summed E-state index contributed by atoms with van der Waals surface area (Å²) in [6.45, 7) is 16.1. The highest BCUT2D eigenvalue weighted by atomic mass is 16.2. The van der Waals surface area contributed by atoms with Crippen LogP contribution in [0.4, 0.5) is 5.69 Å². The Morgan fingerprint density at radius 1 is 1.21 bits per heavy atom. The Hall–Kier alpha value is -1.57. The normalized spacial score (nSPS) is 11.5. The van der Waals surface area contributed by atoms with Gasteiger partial charge in [0.25, 0.3) is 5.91 Å². The molecule has 1 rings (SSSR count). The molecule has 0 spiro atoms. The van der Waals surface area contributed by atoms with E-state index in [4.69, 9.17) is 0 Å². The van der Waals surface area contributed by atoms with Crippen LogP contribution in [0, 0.1) is 0 Å². The molecular weight excluding hydrogens is 234 g/mol. The number of hydrogen-bond donors (Lipinski definition) is 0. The molecule has 0 aliphatic carbocycles. The molecule has 0 saturated carbocycles. The second kappa shape index (κ2) is 5.60. The number of carbonyl (C=O) groups excluding carboxylic acids is 1. The number of amides is 1. The van der Waals surface area contributed by atoms with Gasteiger partial charge < -0.3 is 4.90 Å². The van der Waals surface area contributed by atoms with Gasteiger partial charge in [-0.2, -0.15) is 0 Å². The van der Waals surface area contributed by atoms with Crippen LogP contribution in [-0.2, 0) is 10.2 Å². The predicted octanol–water partition coefficient (Wildman–Crippen LogP) is 4.30. The van der Waals surface area contributed by atoms with Gasteiger partial charge in [0.15, 0.2) is 0 Å². The van der Waals surface area contributed by atoms with Crippen molar-refractivity contribution >= 4 is 11.6 Å². The zero-order valence-corrected chi connectivity index (χ0v) is 12.9. The van der Waals surface area contributed by atoms with Crippen molar-refractivity contribution in [3.63, 3.8) is 0 Å². The minimum atomic E-state index is -0.00769. The van der Waals surface area contributed by atoms with Crippen LogP contribution in [0.2, 0.25) is 0 Å². The molecule has 104 valence electrons. The number of para-hydroxylation sites is 1. The Labute approximate surface area is 117 Å². The van der Waals surface area contributed by atoms with Crippen molar-refractivity contribution in [2.45, 2.75) is 53.0 Å². The van der Waals surface area contributed by atoms with E-state index in [1.807, 2.05) is 36.9 Å². The van der Waals surface area contributed by atoms with Crippen molar-refractivity contribution in [3.8, 4) is 0 Å². The molecule has 1 aromatic rings. The molecule has 0 bridgehead atoms. The van der Waals surface area contributed by atoms with Crippen LogP contribution in [0.1, 0.15) is 47.1 Å². The highest BCUT2D eigenvalue weighted by Crippen LogP contribution is 2.33. The van der Waals surface area contributed by atoms with Crippen LogP contribution in [0.5, 0.6) is 0 Å². The van der Waals surface area contributed by atoms with Crippen LogP contribution in [0.3, 0.4) is 0 Å². The van der Waals surface area contributed by atoms with Crippen LogP contribution in [-0.4, -0.2) is 11.9 Å². The van der Waals surface area contributed by atoms with Gasteiger partial charge in [0.1, 0.15) is 0 Å². The summed E-state index contributed by atoms with van der Waals surface area (Å²) < 4.78 is 0. The molecule has 1 aromatic carbocycles. The number of nitrogens with zero attached hydrogens (tertiary/aromatic N) is 1. The number of benzene rings is 1. The lowest BCUT2D eigenvalue weighted by Gasteiger charge is -2.33. The van der Waals surface area contributed by atoms with Crippen molar-refractivity contribution in [1.82, 2.24) is 0 Å². The second-order valence-corrected chi connectivity index (χ2v) is 6.32. The summed E-state index contributed by atoms with van der Waals surface area (Å²) in [4.78, 5) is 14.2. The highest BCUT2D eigenvalue weighted by molar-refractivity contribution is 6.05. The lowest BCUT2D eigenvalue weighted by atomic mass is 9.85. The van der Waals surface area contributed by atoms with Gasteiger partial charge in [-0.3, -0.25) is 4.79 Å². The Balaban J connectivity index is 3.40. The molecule has 0 unspecified atom stereocenters. The van der Waals surface area contributed by atoms with E-state index in [9.17, 15) is 4.79 Å². The van der Waals surface area contributed by atoms with E-state index < -0.39 is 0 Å². The van der Waals surface area contributed by atoms with Gasteiger partial charge in [0.05, 0.1) is 0 Å². The molecule has 0 fully saturated rings. The highest BCUT2D eigenvalue weighted by Gasteiger charge is 2.26. The third kappa shape index (κ3) is 3.46. The van der Waals surface area contributed by atoms with Gasteiger partial charge in [-0.25, -0.2) is 0 Å². The molecule has 2 nitrogen and oxygen atoms in total. The van der Waals surface area contributed by atoms with Crippen LogP contribution >= 0.6 is 0 Å². The number of hydrogen-bond acceptors (Lipinski definition) is 1. The third-order valence-corrected chi connectivity index (χ3v) is 3.07. The van der Waals surface area contributed by atoms with E-state index in [1.54, 1.807) is 6.92 Å². The summed E-state index contributed by atoms with van der Waals surface area (Å²) >= 11 is 0. The lowest BCUT2D eigenvalue weighted by molar-refractivity contribution is -0.115. The molecule has 0 aromatic heterocycles. The maximum Gasteiger partial charge on any atom is 0.253 e. The average Bonchev–Trinajstić information content (AvgIpc) is 2.27. The van der Waals surface area contributed by atoms with E-state index in [-0.39, 0.29) is 17.4 Å². The minimum absolute atomic E-state index is 0.000905. The van der Waals surface area contributed by atoms with Gasteiger partial charge in [0.2, 0.25) is 0 Å². The fourth-order valence-corrected chi connectivity index (χ4v) is 2.15. The molecule has 2 heteroatoms. The average molecular weight is 259 g/mol. The number of rotatable bonds is 3. The monoisotopic (exact) mass is 259 g/mol. The SMILES string of the molecule is C=C(C)C(=O)N(c1ccccc1C(C)(C)C)C(C)C. The number of anilines is 1. The van der Waals surface area contributed by atoms with Crippen molar-refractivity contribution in [1.29, 1.82) is 0 Å². The first-order valence-corrected chi connectivity index (χ1v) is 6.75. The summed E-state index contributed by atoms with van der Waals surface area (Å²) in [5.41, 5.74) is 2.73. The Kier molecular flexibility index (Phi) is 4.56. The summed E-state index contributed by atoms with van der Waals surface area (Å²) in [5.74, 6) is -0.00769. The second-order valence-electron chi connectivity index (χ2n) is 6.32. The van der Waals surface area contributed by atoms with Gasteiger partial charge >= 0.3 is 0 Å². The summed E-state index contributed by atoms with van der Waals surface area (Å²) in [6, 6.07) is 8.21. The smallest absolute Gasteiger partial charge is 0.253 e. The molecule has 0 aliphatic heterocycles. The fraction of sp³-hybridized carbons (Fsp3) is 0.471. The summed E-state index contributed by atoms with van der Waals surface area (Å²) in [7, 11) is 0. The third-order valence-electron chi connectivity index (χ3n) is 3.07. The van der Waals surface area contributed by atoms with E-state index in [0.29, 0.717) is 5.57 Å². The van der Waals surface area contributed by atoms with Crippen molar-refractivity contribution in [2.75, 3.05) is 4.90 Å². The van der Waals surface area contributed by atoms with Crippen molar-refractivity contribution < 1.29 is 4.79 Å². The zero-order chi connectivity index (χ0) is 14.8. The molecule has 1 amide bonds. The quantitative estimate of drug-likeness (QED) is 0.741. The molecule has 0 N–H and O–H groups in total. The van der Waals surface area contributed by atoms with E-state index in [1.165, 1.54) is 5.56 Å². The Morgan fingerprint density at radius 2 is 1.74 bits per heavy atom. The molecule has 0 atom stereocenters. The first-order valence-electron chi connectivity index (χ1n) is 6.75. The van der Waals surface area contributed by atoms with E-state index in [2.05, 4.69) is 33.4 Å². The molecule has 0 heterocycles. The van der Waals surface area contributed by atoms with Crippen LogP contribution < -0.4 is 4.90 Å². The predicted molar refractivity (Wildman–Crippen MR) is 82.6 cm³/mol. The standard InChI is InChI=1S/C17H25NO/c1-12(2)16(19)18(13(3)4)15-11-9-8-10-14(15)17(5,6)7/h8-11,13H,1H2,2-7H3. The largest absolute Gasteiger partial charge is 0.306 e. The minimum Gasteiger partial charge on any atom is -0.306 e. The molecule has 19 heavy (non-hydrogen) atoms. The fourth-order valence-electron chi connectivity index (χ4n) is 2.15. The first-order chi connectivity index (χ1) is 8.66. The summed E-state index contributed by atoms with van der Waals surface area (Å²) in [6.07, 6.45) is 0. The van der Waals surface area contributed by atoms with Crippen molar-refractivity contribution in [3.05, 3.63) is 42.0 Å². The zero-order valence-electron chi connectivity index (χ0n) is 12.9. The molecule has 0 aliphatic rings. The topological polar surface area (TPSA) is 20.3 Å². The molecule has 0 saturated heterocycles. The van der Waals surface area contributed by atoms with Gasteiger partial charge in [-0.1, -0.05) is 45.5 Å². The van der Waals surface area contributed by atoms with Gasteiger partial charge in [-0.05, 0) is 37.8 Å². The maximum absolute atomic E-state index is 12.4. The Morgan fingerprint density at radius 3 is 2.16 bits per heavy atom. The molecule has 0 radical (unpaired) electrons. The van der Waals surface area contributed by atoms with Crippen molar-refractivity contribution in [2.24, 2.45) is 0 Å². The summed E-state index contributed by atoms with van der Waals surface area (Å²) in [5, 5.41) is 0. The van der Waals surface area contributed by atoms with Crippen LogP contribution in [0.15, 0.2) is 36.4 Å². The molecular formula is C17H25NO. The Bertz CT molecular complexity index is 480. The van der Waals surface area contributed by atoms with E-state index in [0.717, 1.165) is 5.69 Å². The number of carbonyl (C=O) groups is 1. The van der Waals surface area contributed by atoms with E-state index >= 15 is 0 Å². The van der Waals surface area contributed by atoms with Crippen LogP contribution in [0.25, 0.3) is 0 Å². The maximum atomic E-state index is 12.4. The van der Waals surface area contributed by atoms with Gasteiger partial charge in [0, 0.05) is 17.3 Å². The lowest BCUT2D eigenvalue weighted by Crippen LogP contribution is -2.38.